The SMILES string of the molecule is CC1OC(OC(=O)C23CCC(C)(C)CC2C2=CCC4C5(C)CCC(OC6OC(CO)C(OC7OC(CO)C(O)C(O)C7O)C(O)C6OC6OC(CO)C(O)C(OC7OC(CO)C(O)C(O)C7OC7OCC(O)C(O)C7O)C6O)C(C)(C)C5CCC4(C)C2(C)CC3)C(OC2OC(COC3OC(CO)C(O)C(O)C3O)C(O)C(O)C2O)C(O)C1O. The first-order valence-corrected chi connectivity index (χ1v) is 41.2. The van der Waals surface area contributed by atoms with Crippen molar-refractivity contribution in [3.8, 4) is 0 Å². The Kier molecular flexibility index (Phi) is 28.5. The Hall–Kier alpha value is -2.35. The van der Waals surface area contributed by atoms with Crippen LogP contribution < -0.4 is 0 Å². The maximum Gasteiger partial charge on any atom is 0.315 e. The summed E-state index contributed by atoms with van der Waals surface area (Å²) in [6, 6.07) is 0. The largest absolute Gasteiger partial charge is 0.432 e. The van der Waals surface area contributed by atoms with Crippen LogP contribution in [0.5, 0.6) is 0 Å². The predicted octanol–water partition coefficient (Wildman–Crippen LogP) is -9.07. The van der Waals surface area contributed by atoms with Crippen molar-refractivity contribution in [1.29, 1.82) is 0 Å². The minimum atomic E-state index is -2.24. The van der Waals surface area contributed by atoms with Gasteiger partial charge in [0.25, 0.3) is 0 Å². The van der Waals surface area contributed by atoms with Gasteiger partial charge in [0.1, 0.15) is 177 Å². The summed E-state index contributed by atoms with van der Waals surface area (Å²) in [5.41, 5.74) is -2.57. The number of rotatable bonds is 22. The van der Waals surface area contributed by atoms with Gasteiger partial charge in [-0.1, -0.05) is 60.1 Å². The molecule has 4 saturated carbocycles. The third kappa shape index (κ3) is 16.6. The second-order valence-corrected chi connectivity index (χ2v) is 37.1. The molecule has 0 bridgehead atoms. The van der Waals surface area contributed by atoms with Crippen LogP contribution in [0.2, 0.25) is 0 Å². The molecule has 5 aliphatic carbocycles. The normalized spacial score (nSPS) is 54.2. The first kappa shape index (κ1) is 93.3. The highest BCUT2D eigenvalue weighted by atomic mass is 16.8. The fourth-order valence-electron chi connectivity index (χ4n) is 22.0. The molecule has 118 heavy (non-hydrogen) atoms. The predicted molar refractivity (Wildman–Crippen MR) is 386 cm³/mol. The zero-order valence-electron chi connectivity index (χ0n) is 67.1. The van der Waals surface area contributed by atoms with Crippen molar-refractivity contribution >= 4 is 5.97 Å². The molecule has 8 aliphatic heterocycles. The number of carbonyl (C=O) groups excluding carboxylic acids is 1. The minimum Gasteiger partial charge on any atom is -0.432 e. The fraction of sp³-hybridized carbons (Fsp3) is 0.961. The van der Waals surface area contributed by atoms with Gasteiger partial charge >= 0.3 is 5.97 Å². The Morgan fingerprint density at radius 2 is 0.856 bits per heavy atom. The van der Waals surface area contributed by atoms with Crippen molar-refractivity contribution in [1.82, 2.24) is 0 Å². The van der Waals surface area contributed by atoms with E-state index in [0.29, 0.717) is 64.2 Å². The summed E-state index contributed by atoms with van der Waals surface area (Å²) in [7, 11) is 0. The van der Waals surface area contributed by atoms with Crippen molar-refractivity contribution in [3.05, 3.63) is 11.6 Å². The summed E-state index contributed by atoms with van der Waals surface area (Å²) in [5, 5.41) is 264. The van der Waals surface area contributed by atoms with Gasteiger partial charge in [0.05, 0.1) is 63.9 Å². The van der Waals surface area contributed by atoms with E-state index < -0.39 is 331 Å². The Morgan fingerprint density at radius 1 is 0.398 bits per heavy atom. The van der Waals surface area contributed by atoms with Gasteiger partial charge in [-0.15, -0.1) is 0 Å². The lowest BCUT2D eigenvalue weighted by molar-refractivity contribution is -0.406. The third-order valence-electron chi connectivity index (χ3n) is 29.4. The quantitative estimate of drug-likeness (QED) is 0.0272. The second-order valence-electron chi connectivity index (χ2n) is 37.1. The lowest BCUT2D eigenvalue weighted by Crippen LogP contribution is -2.69. The molecule has 47 unspecified atom stereocenters. The van der Waals surface area contributed by atoms with E-state index in [4.69, 9.17) is 75.8 Å². The number of hydrogen-bond acceptors (Lipinski definition) is 41. The molecule has 41 nitrogen and oxygen atoms in total. The highest BCUT2D eigenvalue weighted by Gasteiger charge is 2.71. The van der Waals surface area contributed by atoms with E-state index >= 15 is 4.79 Å². The molecule has 13 rings (SSSR count). The topological polar surface area (TPSA) is 650 Å². The number of hydrogen-bond donors (Lipinski definition) is 24. The summed E-state index contributed by atoms with van der Waals surface area (Å²) in [5.74, 6) is -1.19. The third-order valence-corrected chi connectivity index (χ3v) is 29.4. The standard InChI is InChI=1S/C77H126O41/c1-27-40(84)50(94)60(116-66-55(99)49(93)45(89)36(111-66)26-104-63-53(97)47(91)42(86)31(20-78)106-63)68(105-27)118-71(102)77-17-15-72(2,3)19-29(77)28-9-10-38-74(6)13-12-39(73(4,5)37(74)11-14-76(38,8)75(28,7)16-18-77)112-69-62(56(100)58(35(24-82)110-69)113-65-54(98)48(92)43(87)32(21-79)107-65)117-67-57(101)59(46(90)34(23-81)108-67)114-70-61(51(95)44(88)33(22-80)109-70)115-64-52(96)41(85)30(83)25-103-64/h9,27,29-70,78-101H,10-26H2,1-8H3. The Labute approximate surface area is 680 Å². The van der Waals surface area contributed by atoms with E-state index in [9.17, 15) is 123 Å². The van der Waals surface area contributed by atoms with E-state index in [1.165, 1.54) is 6.92 Å². The van der Waals surface area contributed by atoms with Gasteiger partial charge in [0, 0.05) is 0 Å². The molecule has 8 heterocycles. The molecule has 41 heteroatoms. The maximum absolute atomic E-state index is 15.8. The van der Waals surface area contributed by atoms with Gasteiger partial charge < -0.3 is 198 Å². The molecule has 12 fully saturated rings. The number of allylic oxidation sites excluding steroid dienone is 2. The highest BCUT2D eigenvalue weighted by molar-refractivity contribution is 5.79. The molecular formula is C77H126O41. The molecule has 8 saturated heterocycles. The van der Waals surface area contributed by atoms with Crippen molar-refractivity contribution in [2.45, 2.75) is 365 Å². The van der Waals surface area contributed by atoms with Crippen LogP contribution in [0.1, 0.15) is 120 Å². The minimum absolute atomic E-state index is 0.00160. The maximum atomic E-state index is 15.8. The first-order chi connectivity index (χ1) is 55.5. The molecular weight excluding hydrogens is 1580 g/mol. The van der Waals surface area contributed by atoms with Gasteiger partial charge in [-0.2, -0.15) is 0 Å². The van der Waals surface area contributed by atoms with Crippen LogP contribution in [0.25, 0.3) is 0 Å². The number of aliphatic hydroxyl groups is 24. The molecule has 0 radical (unpaired) electrons. The summed E-state index contributed by atoms with van der Waals surface area (Å²) < 4.78 is 97.0. The molecule has 0 aromatic heterocycles. The van der Waals surface area contributed by atoms with Gasteiger partial charge in [-0.25, -0.2) is 0 Å². The van der Waals surface area contributed by atoms with E-state index in [2.05, 4.69) is 40.7 Å². The number of carbonyl (C=O) groups is 1. The Morgan fingerprint density at radius 3 is 1.46 bits per heavy atom. The van der Waals surface area contributed by atoms with Crippen LogP contribution >= 0.6 is 0 Å². The fourth-order valence-corrected chi connectivity index (χ4v) is 22.0. The van der Waals surface area contributed by atoms with E-state index in [1.54, 1.807) is 0 Å². The Balaban J connectivity index is 0.747. The summed E-state index contributed by atoms with van der Waals surface area (Å²) in [6.45, 7) is 10.9. The molecule has 0 amide bonds. The summed E-state index contributed by atoms with van der Waals surface area (Å²) in [4.78, 5) is 15.8. The van der Waals surface area contributed by atoms with Crippen LogP contribution in [0.3, 0.4) is 0 Å². The van der Waals surface area contributed by atoms with Crippen molar-refractivity contribution in [3.63, 3.8) is 0 Å². The van der Waals surface area contributed by atoms with E-state index in [0.717, 1.165) is 5.57 Å². The van der Waals surface area contributed by atoms with Crippen molar-refractivity contribution < 1.29 is 203 Å². The van der Waals surface area contributed by atoms with Crippen LogP contribution in [0.4, 0.5) is 0 Å². The molecule has 13 aliphatic rings. The molecule has 680 valence electrons. The first-order valence-electron chi connectivity index (χ1n) is 41.2. The Bertz CT molecular complexity index is 3360. The van der Waals surface area contributed by atoms with Crippen molar-refractivity contribution in [2.75, 3.05) is 46.2 Å². The molecule has 0 spiro atoms. The van der Waals surface area contributed by atoms with Crippen LogP contribution in [0, 0.1) is 50.2 Å². The number of aliphatic hydroxyl groups excluding tert-OH is 24. The summed E-state index contributed by atoms with van der Waals surface area (Å²) >= 11 is 0. The zero-order valence-corrected chi connectivity index (χ0v) is 67.1. The van der Waals surface area contributed by atoms with Crippen molar-refractivity contribution in [2.24, 2.45) is 50.2 Å². The second kappa shape index (κ2) is 36.1. The van der Waals surface area contributed by atoms with Crippen LogP contribution in [0.15, 0.2) is 11.6 Å². The monoisotopic (exact) mass is 1710 g/mol. The molecule has 24 N–H and O–H groups in total. The number of fused-ring (bicyclic) bond motifs is 7. The van der Waals surface area contributed by atoms with Gasteiger partial charge in [-0.3, -0.25) is 4.79 Å². The van der Waals surface area contributed by atoms with Gasteiger partial charge in [0.2, 0.25) is 6.29 Å². The number of esters is 1. The van der Waals surface area contributed by atoms with Gasteiger partial charge in [-0.05, 0) is 116 Å². The highest BCUT2D eigenvalue weighted by Crippen LogP contribution is 2.76. The average Bonchev–Trinajstić information content (AvgIpc) is 0.673. The number of ether oxygens (including phenoxy) is 16. The lowest BCUT2D eigenvalue weighted by atomic mass is 9.33. The average molecular weight is 1710 g/mol. The molecule has 0 aromatic rings. The molecule has 47 atom stereocenters. The zero-order chi connectivity index (χ0) is 86.0. The molecule has 0 aromatic carbocycles. The lowest BCUT2D eigenvalue weighted by Gasteiger charge is -2.71. The van der Waals surface area contributed by atoms with Crippen LogP contribution in [-0.4, -0.2) is 420 Å². The van der Waals surface area contributed by atoms with E-state index in [1.807, 2.05) is 13.8 Å². The van der Waals surface area contributed by atoms with Crippen LogP contribution in [-0.2, 0) is 80.6 Å². The van der Waals surface area contributed by atoms with Gasteiger partial charge in [0.15, 0.2) is 50.1 Å². The smallest absolute Gasteiger partial charge is 0.315 e. The van der Waals surface area contributed by atoms with E-state index in [-0.39, 0.29) is 17.3 Å². The summed E-state index contributed by atoms with van der Waals surface area (Å²) in [6.07, 6.45) is -65.0.